The van der Waals surface area contributed by atoms with E-state index < -0.39 is 11.9 Å². The van der Waals surface area contributed by atoms with Gasteiger partial charge in [0.15, 0.2) is 0 Å². The number of rotatable bonds is 5. The van der Waals surface area contributed by atoms with E-state index >= 15 is 0 Å². The minimum atomic E-state index is -0.544. The zero-order valence-electron chi connectivity index (χ0n) is 15.3. The van der Waals surface area contributed by atoms with E-state index in [0.717, 1.165) is 5.56 Å². The summed E-state index contributed by atoms with van der Waals surface area (Å²) in [6.45, 7) is 2.19. The lowest BCUT2D eigenvalue weighted by Crippen LogP contribution is -2.27. The second-order valence-electron chi connectivity index (χ2n) is 6.46. The molecule has 1 aliphatic rings. The van der Waals surface area contributed by atoms with Gasteiger partial charge in [0, 0.05) is 18.5 Å². The fourth-order valence-corrected chi connectivity index (χ4v) is 3.13. The lowest BCUT2D eigenvalue weighted by Gasteiger charge is -2.20. The van der Waals surface area contributed by atoms with Crippen LogP contribution in [0.25, 0.3) is 0 Å². The van der Waals surface area contributed by atoms with Crippen LogP contribution in [0.1, 0.15) is 23.1 Å². The van der Waals surface area contributed by atoms with Crippen LogP contribution in [-0.2, 0) is 20.9 Å². The number of esters is 1. The fraction of sp³-hybridized carbons (Fsp3) is 0.286. The van der Waals surface area contributed by atoms with Gasteiger partial charge in [-0.1, -0.05) is 24.3 Å². The molecule has 1 saturated heterocycles. The van der Waals surface area contributed by atoms with Gasteiger partial charge >= 0.3 is 5.97 Å². The number of carbonyl (C=O) groups excluding carboxylic acids is 2. The number of nitrogens with zero attached hydrogens (tertiary/aromatic N) is 2. The van der Waals surface area contributed by atoms with Gasteiger partial charge in [-0.2, -0.15) is 5.26 Å². The van der Waals surface area contributed by atoms with Gasteiger partial charge in [-0.3, -0.25) is 9.59 Å². The average Bonchev–Trinajstić information content (AvgIpc) is 3.07. The lowest BCUT2D eigenvalue weighted by molar-refractivity contribution is -0.149. The van der Waals surface area contributed by atoms with E-state index in [1.165, 1.54) is 0 Å². The van der Waals surface area contributed by atoms with E-state index in [1.54, 1.807) is 36.3 Å². The molecule has 0 aromatic heterocycles. The predicted molar refractivity (Wildman–Crippen MR) is 99.1 cm³/mol. The Morgan fingerprint density at radius 1 is 1.30 bits per heavy atom. The SMILES string of the molecule is COc1ccc(C)cc1N1C[C@@H](C(=O)OCc2ccccc2C#N)CC1=O. The number of hydrogen-bond acceptors (Lipinski definition) is 5. The molecule has 3 rings (SSSR count). The van der Waals surface area contributed by atoms with Gasteiger partial charge in [0.1, 0.15) is 12.4 Å². The van der Waals surface area contributed by atoms with Gasteiger partial charge in [0.25, 0.3) is 0 Å². The Kier molecular flexibility index (Phi) is 5.41. The number of hydrogen-bond donors (Lipinski definition) is 0. The van der Waals surface area contributed by atoms with Gasteiger partial charge in [0.05, 0.1) is 30.3 Å². The molecule has 0 bridgehead atoms. The van der Waals surface area contributed by atoms with Crippen molar-refractivity contribution >= 4 is 17.6 Å². The standard InChI is InChI=1S/C21H20N2O4/c1-14-7-8-19(26-2)18(9-14)23-12-17(10-20(23)24)21(25)27-13-16-6-4-3-5-15(16)11-22/h3-9,17H,10,12-13H2,1-2H3/t17-/m0/s1. The maximum atomic E-state index is 12.5. The van der Waals surface area contributed by atoms with Crippen LogP contribution in [-0.4, -0.2) is 25.5 Å². The van der Waals surface area contributed by atoms with Gasteiger partial charge in [-0.05, 0) is 30.7 Å². The van der Waals surface area contributed by atoms with Gasteiger partial charge < -0.3 is 14.4 Å². The van der Waals surface area contributed by atoms with Gasteiger partial charge in [-0.25, -0.2) is 0 Å². The summed E-state index contributed by atoms with van der Waals surface area (Å²) in [7, 11) is 1.55. The second-order valence-corrected chi connectivity index (χ2v) is 6.46. The summed E-state index contributed by atoms with van der Waals surface area (Å²) in [6.07, 6.45) is 0.0931. The minimum Gasteiger partial charge on any atom is -0.495 e. The van der Waals surface area contributed by atoms with Crippen LogP contribution in [0.2, 0.25) is 0 Å². The third-order valence-electron chi connectivity index (χ3n) is 4.59. The molecule has 0 unspecified atom stereocenters. The molecule has 1 amide bonds. The Hall–Kier alpha value is -3.33. The Morgan fingerprint density at radius 3 is 2.81 bits per heavy atom. The van der Waals surface area contributed by atoms with E-state index in [9.17, 15) is 9.59 Å². The first-order chi connectivity index (χ1) is 13.0. The summed E-state index contributed by atoms with van der Waals surface area (Å²) in [5.41, 5.74) is 2.78. The summed E-state index contributed by atoms with van der Waals surface area (Å²) in [5.74, 6) is -0.536. The smallest absolute Gasteiger partial charge is 0.311 e. The van der Waals surface area contributed by atoms with Crippen LogP contribution in [0.3, 0.4) is 0 Å². The molecule has 0 spiro atoms. The number of anilines is 1. The van der Waals surface area contributed by atoms with Gasteiger partial charge in [-0.15, -0.1) is 0 Å². The number of methoxy groups -OCH3 is 1. The molecule has 0 aliphatic carbocycles. The van der Waals surface area contributed by atoms with Crippen molar-refractivity contribution in [1.82, 2.24) is 0 Å². The number of aryl methyl sites for hydroxylation is 1. The molecule has 2 aromatic carbocycles. The lowest BCUT2D eigenvalue weighted by atomic mass is 10.1. The van der Waals surface area contributed by atoms with E-state index in [2.05, 4.69) is 6.07 Å². The minimum absolute atomic E-state index is 0.0149. The molecular formula is C21H20N2O4. The zero-order valence-corrected chi connectivity index (χ0v) is 15.3. The molecule has 1 aliphatic heterocycles. The number of amides is 1. The largest absolute Gasteiger partial charge is 0.495 e. The van der Waals surface area contributed by atoms with E-state index in [1.807, 2.05) is 25.1 Å². The Bertz CT molecular complexity index is 917. The quantitative estimate of drug-likeness (QED) is 0.762. The molecule has 1 heterocycles. The summed E-state index contributed by atoms with van der Waals surface area (Å²) in [5, 5.41) is 9.11. The normalized spacial score (nSPS) is 16.1. The molecule has 138 valence electrons. The third kappa shape index (κ3) is 3.93. The highest BCUT2D eigenvalue weighted by Gasteiger charge is 2.37. The van der Waals surface area contributed by atoms with Crippen LogP contribution in [0.5, 0.6) is 5.75 Å². The summed E-state index contributed by atoms with van der Waals surface area (Å²) in [4.78, 5) is 26.5. The van der Waals surface area contributed by atoms with Crippen molar-refractivity contribution in [3.63, 3.8) is 0 Å². The molecule has 6 nitrogen and oxygen atoms in total. The highest BCUT2D eigenvalue weighted by atomic mass is 16.5. The van der Waals surface area contributed by atoms with Crippen molar-refractivity contribution in [2.24, 2.45) is 5.92 Å². The molecule has 1 atom stereocenters. The first kappa shape index (κ1) is 18.5. The molecule has 6 heteroatoms. The Balaban J connectivity index is 1.69. The van der Waals surface area contributed by atoms with Crippen LogP contribution >= 0.6 is 0 Å². The summed E-state index contributed by atoms with van der Waals surface area (Å²) in [6, 6.07) is 14.6. The van der Waals surface area contributed by atoms with Crippen LogP contribution in [0.4, 0.5) is 5.69 Å². The van der Waals surface area contributed by atoms with E-state index in [4.69, 9.17) is 14.7 Å². The number of benzene rings is 2. The van der Waals surface area contributed by atoms with Crippen molar-refractivity contribution in [3.05, 3.63) is 59.2 Å². The number of nitriles is 1. The molecule has 0 radical (unpaired) electrons. The Morgan fingerprint density at radius 2 is 2.07 bits per heavy atom. The van der Waals surface area contributed by atoms with Crippen LogP contribution < -0.4 is 9.64 Å². The predicted octanol–water partition coefficient (Wildman–Crippen LogP) is 2.97. The number of ether oxygens (including phenoxy) is 2. The van der Waals surface area contributed by atoms with Crippen molar-refractivity contribution < 1.29 is 19.1 Å². The molecule has 27 heavy (non-hydrogen) atoms. The third-order valence-corrected chi connectivity index (χ3v) is 4.59. The fourth-order valence-electron chi connectivity index (χ4n) is 3.13. The molecule has 0 N–H and O–H groups in total. The maximum Gasteiger partial charge on any atom is 0.311 e. The summed E-state index contributed by atoms with van der Waals surface area (Å²) >= 11 is 0. The van der Waals surface area contributed by atoms with Crippen molar-refractivity contribution in [3.8, 4) is 11.8 Å². The van der Waals surface area contributed by atoms with Gasteiger partial charge in [0.2, 0.25) is 5.91 Å². The van der Waals surface area contributed by atoms with Crippen LogP contribution in [0.15, 0.2) is 42.5 Å². The highest BCUT2D eigenvalue weighted by Crippen LogP contribution is 2.34. The van der Waals surface area contributed by atoms with E-state index in [0.29, 0.717) is 22.6 Å². The second kappa shape index (κ2) is 7.92. The zero-order chi connectivity index (χ0) is 19.4. The van der Waals surface area contributed by atoms with E-state index in [-0.39, 0.29) is 25.5 Å². The number of carbonyl (C=O) groups is 2. The molecule has 2 aromatic rings. The average molecular weight is 364 g/mol. The molecule has 0 saturated carbocycles. The van der Waals surface area contributed by atoms with Crippen molar-refractivity contribution in [2.75, 3.05) is 18.6 Å². The highest BCUT2D eigenvalue weighted by molar-refractivity contribution is 6.00. The molecule has 1 fully saturated rings. The summed E-state index contributed by atoms with van der Waals surface area (Å²) < 4.78 is 10.7. The Labute approximate surface area is 157 Å². The monoisotopic (exact) mass is 364 g/mol. The molecular weight excluding hydrogens is 344 g/mol. The topological polar surface area (TPSA) is 79.6 Å². The first-order valence-corrected chi connectivity index (χ1v) is 8.63. The first-order valence-electron chi connectivity index (χ1n) is 8.63. The van der Waals surface area contributed by atoms with Crippen molar-refractivity contribution in [1.29, 1.82) is 5.26 Å². The van der Waals surface area contributed by atoms with Crippen LogP contribution in [0, 0.1) is 24.2 Å². The van der Waals surface area contributed by atoms with Crippen molar-refractivity contribution in [2.45, 2.75) is 20.0 Å². The maximum absolute atomic E-state index is 12.5.